The summed E-state index contributed by atoms with van der Waals surface area (Å²) in [6.07, 6.45) is 5.23. The van der Waals surface area contributed by atoms with Gasteiger partial charge in [0.05, 0.1) is 17.0 Å². The molecule has 1 aromatic carbocycles. The highest BCUT2D eigenvalue weighted by atomic mass is 35.5. The highest BCUT2D eigenvalue weighted by Gasteiger charge is 2.32. The average Bonchev–Trinajstić information content (AvgIpc) is 2.58. The molecule has 130 valence electrons. The number of oxime groups is 1. The topological polar surface area (TPSA) is 64.4 Å². The average molecular weight is 376 g/mol. The van der Waals surface area contributed by atoms with E-state index in [0.29, 0.717) is 22.7 Å². The van der Waals surface area contributed by atoms with Crippen molar-refractivity contribution in [2.24, 2.45) is 10.6 Å². The molecule has 7 heteroatoms. The van der Waals surface area contributed by atoms with Gasteiger partial charge in [-0.05, 0) is 48.8 Å². The summed E-state index contributed by atoms with van der Waals surface area (Å²) in [5, 5.41) is 5.41. The number of rotatable bonds is 3. The summed E-state index contributed by atoms with van der Waals surface area (Å²) >= 11 is 7.33. The number of halogens is 1. The molecule has 2 aromatic rings. The molecule has 0 unspecified atom stereocenters. The van der Waals surface area contributed by atoms with Crippen molar-refractivity contribution in [3.63, 3.8) is 0 Å². The maximum Gasteiger partial charge on any atom is 0.365 e. The zero-order valence-corrected chi connectivity index (χ0v) is 15.8. The van der Waals surface area contributed by atoms with Gasteiger partial charge in [0.1, 0.15) is 0 Å². The fourth-order valence-corrected chi connectivity index (χ4v) is 3.24. The second-order valence-electron chi connectivity index (χ2n) is 6.66. The molecule has 0 atom stereocenters. The van der Waals surface area contributed by atoms with Crippen LogP contribution in [0.2, 0.25) is 5.02 Å². The first kappa shape index (κ1) is 17.9. The second kappa shape index (κ2) is 7.14. The largest absolute Gasteiger partial charge is 0.365 e. The van der Waals surface area contributed by atoms with Crippen LogP contribution < -0.4 is 0 Å². The third-order valence-corrected chi connectivity index (χ3v) is 4.76. The van der Waals surface area contributed by atoms with E-state index in [-0.39, 0.29) is 5.41 Å². The molecule has 1 aliphatic carbocycles. The van der Waals surface area contributed by atoms with E-state index in [1.54, 1.807) is 30.5 Å². The molecule has 25 heavy (non-hydrogen) atoms. The smallest absolute Gasteiger partial charge is 0.313 e. The molecule has 0 spiro atoms. The molecule has 1 aliphatic rings. The summed E-state index contributed by atoms with van der Waals surface area (Å²) in [5.74, 6) is -0.518. The van der Waals surface area contributed by atoms with Gasteiger partial charge in [-0.15, -0.1) is 0 Å². The van der Waals surface area contributed by atoms with E-state index < -0.39 is 5.97 Å². The van der Waals surface area contributed by atoms with Crippen molar-refractivity contribution in [2.45, 2.75) is 31.8 Å². The first-order chi connectivity index (χ1) is 11.9. The highest BCUT2D eigenvalue weighted by Crippen LogP contribution is 2.34. The number of hydrogen-bond donors (Lipinski definition) is 0. The minimum Gasteiger partial charge on any atom is -0.313 e. The highest BCUT2D eigenvalue weighted by molar-refractivity contribution is 7.98. The first-order valence-electron chi connectivity index (χ1n) is 7.82. The fourth-order valence-electron chi connectivity index (χ4n) is 2.75. The summed E-state index contributed by atoms with van der Waals surface area (Å²) in [4.78, 5) is 26.2. The predicted molar refractivity (Wildman–Crippen MR) is 99.3 cm³/mol. The third kappa shape index (κ3) is 4.19. The lowest BCUT2D eigenvalue weighted by Crippen LogP contribution is -2.29. The Morgan fingerprint density at radius 2 is 2.00 bits per heavy atom. The van der Waals surface area contributed by atoms with Gasteiger partial charge in [-0.1, -0.05) is 42.4 Å². The van der Waals surface area contributed by atoms with E-state index in [9.17, 15) is 4.79 Å². The van der Waals surface area contributed by atoms with Crippen LogP contribution in [0.5, 0.6) is 0 Å². The van der Waals surface area contributed by atoms with Crippen molar-refractivity contribution in [1.29, 1.82) is 0 Å². The van der Waals surface area contributed by atoms with Gasteiger partial charge in [0.15, 0.2) is 5.16 Å². The van der Waals surface area contributed by atoms with E-state index in [4.69, 9.17) is 16.4 Å². The maximum absolute atomic E-state index is 12.2. The Morgan fingerprint density at radius 1 is 1.28 bits per heavy atom. The number of hydrogen-bond acceptors (Lipinski definition) is 6. The van der Waals surface area contributed by atoms with Crippen LogP contribution in [-0.4, -0.2) is 27.9 Å². The lowest BCUT2D eigenvalue weighted by molar-refractivity contribution is 0.0514. The van der Waals surface area contributed by atoms with E-state index in [1.807, 2.05) is 6.26 Å². The van der Waals surface area contributed by atoms with Crippen molar-refractivity contribution in [3.05, 3.63) is 52.3 Å². The van der Waals surface area contributed by atoms with Crippen LogP contribution in [-0.2, 0) is 11.3 Å². The zero-order chi connectivity index (χ0) is 18.0. The van der Waals surface area contributed by atoms with Gasteiger partial charge < -0.3 is 4.84 Å². The minimum atomic E-state index is -0.518. The molecule has 0 radical (unpaired) electrons. The first-order valence-corrected chi connectivity index (χ1v) is 9.42. The van der Waals surface area contributed by atoms with Gasteiger partial charge >= 0.3 is 5.97 Å². The van der Waals surface area contributed by atoms with Gasteiger partial charge in [-0.25, -0.2) is 14.8 Å². The van der Waals surface area contributed by atoms with Crippen LogP contribution in [0.25, 0.3) is 0 Å². The Morgan fingerprint density at radius 3 is 2.68 bits per heavy atom. The Hall–Kier alpha value is -1.92. The second-order valence-corrected chi connectivity index (χ2v) is 7.87. The molecule has 3 rings (SSSR count). The standard InChI is InChI=1S/C18H18ClN3O2S/c1-18(2)8-14-13(10-20-17(21-14)25-3)15(9-18)22-24-16(23)11-4-6-12(19)7-5-11/h4-7,10H,8-9H2,1-3H3. The SMILES string of the molecule is CSc1ncc2c(n1)CC(C)(C)CC2=NOC(=O)c1ccc(Cl)cc1. The number of aromatic nitrogens is 2. The Bertz CT molecular complexity index is 835. The van der Waals surface area contributed by atoms with Crippen LogP contribution in [0.1, 0.15) is 41.9 Å². The summed E-state index contributed by atoms with van der Waals surface area (Å²) in [6, 6.07) is 6.50. The van der Waals surface area contributed by atoms with Gasteiger partial charge in [0.2, 0.25) is 0 Å². The fraction of sp³-hybridized carbons (Fsp3) is 0.333. The molecular formula is C18H18ClN3O2S. The Kier molecular flexibility index (Phi) is 5.11. The van der Waals surface area contributed by atoms with Gasteiger partial charge in [0.25, 0.3) is 0 Å². The molecule has 0 bridgehead atoms. The monoisotopic (exact) mass is 375 g/mol. The summed E-state index contributed by atoms with van der Waals surface area (Å²) in [6.45, 7) is 4.29. The number of fused-ring (bicyclic) bond motifs is 1. The zero-order valence-electron chi connectivity index (χ0n) is 14.2. The third-order valence-electron chi connectivity index (χ3n) is 3.95. The van der Waals surface area contributed by atoms with E-state index in [2.05, 4.69) is 29.0 Å². The number of benzene rings is 1. The van der Waals surface area contributed by atoms with E-state index >= 15 is 0 Å². The molecule has 1 aromatic heterocycles. The molecule has 0 aliphatic heterocycles. The lowest BCUT2D eigenvalue weighted by atomic mass is 9.76. The van der Waals surface area contributed by atoms with Crippen LogP contribution >= 0.6 is 23.4 Å². The summed E-state index contributed by atoms with van der Waals surface area (Å²) in [7, 11) is 0. The van der Waals surface area contributed by atoms with Crippen molar-refractivity contribution < 1.29 is 9.63 Å². The minimum absolute atomic E-state index is 0.0114. The molecule has 0 N–H and O–H groups in total. The number of carbonyl (C=O) groups excluding carboxylic acids is 1. The van der Waals surface area contributed by atoms with Crippen LogP contribution in [0.15, 0.2) is 40.8 Å². The molecule has 0 saturated carbocycles. The number of carbonyl (C=O) groups is 1. The van der Waals surface area contributed by atoms with Gasteiger partial charge in [0, 0.05) is 16.8 Å². The van der Waals surface area contributed by atoms with Crippen LogP contribution in [0.4, 0.5) is 0 Å². The van der Waals surface area contributed by atoms with Crippen LogP contribution in [0, 0.1) is 5.41 Å². The van der Waals surface area contributed by atoms with E-state index in [0.717, 1.165) is 22.8 Å². The summed E-state index contributed by atoms with van der Waals surface area (Å²) in [5.41, 5.74) is 2.87. The lowest BCUT2D eigenvalue weighted by Gasteiger charge is -2.30. The molecular weight excluding hydrogens is 358 g/mol. The van der Waals surface area contributed by atoms with Crippen LogP contribution in [0.3, 0.4) is 0 Å². The van der Waals surface area contributed by atoms with Crippen molar-refractivity contribution in [2.75, 3.05) is 6.26 Å². The van der Waals surface area contributed by atoms with Crippen molar-refractivity contribution in [1.82, 2.24) is 9.97 Å². The van der Waals surface area contributed by atoms with E-state index in [1.165, 1.54) is 11.8 Å². The molecule has 0 saturated heterocycles. The molecule has 1 heterocycles. The quantitative estimate of drug-likeness (QED) is 0.344. The normalized spacial score (nSPS) is 17.2. The van der Waals surface area contributed by atoms with Gasteiger partial charge in [-0.2, -0.15) is 0 Å². The Balaban J connectivity index is 1.87. The molecule has 5 nitrogen and oxygen atoms in total. The molecule has 0 amide bonds. The Labute approximate surface area is 155 Å². The van der Waals surface area contributed by atoms with Crippen molar-refractivity contribution in [3.8, 4) is 0 Å². The number of thioether (sulfide) groups is 1. The maximum atomic E-state index is 12.2. The molecule has 0 fully saturated rings. The number of nitrogens with zero attached hydrogens (tertiary/aromatic N) is 3. The van der Waals surface area contributed by atoms with Crippen molar-refractivity contribution >= 4 is 35.0 Å². The predicted octanol–water partition coefficient (Wildman–Crippen LogP) is 4.39. The summed E-state index contributed by atoms with van der Waals surface area (Å²) < 4.78 is 0. The van der Waals surface area contributed by atoms with Gasteiger partial charge in [-0.3, -0.25) is 0 Å².